The van der Waals surface area contributed by atoms with E-state index in [0.29, 0.717) is 5.56 Å². The molecule has 104 valence electrons. The first-order valence-electron chi connectivity index (χ1n) is 5.56. The van der Waals surface area contributed by atoms with Gasteiger partial charge in [0.2, 0.25) is 0 Å². The van der Waals surface area contributed by atoms with Gasteiger partial charge in [-0.1, -0.05) is 11.6 Å². The van der Waals surface area contributed by atoms with Crippen LogP contribution in [0.2, 0.25) is 5.02 Å². The van der Waals surface area contributed by atoms with E-state index in [4.69, 9.17) is 17.3 Å². The van der Waals surface area contributed by atoms with Crippen molar-refractivity contribution >= 4 is 39.0 Å². The minimum absolute atomic E-state index is 0.00658. The van der Waals surface area contributed by atoms with E-state index in [0.717, 1.165) is 12.1 Å². The number of nitrogens with two attached hydrogens (primary N) is 1. The SMILES string of the molecule is Cc1cc(C(=O)c2cc(N)c(F)cc2Br)c(Cl)cc1F. The van der Waals surface area contributed by atoms with Crippen LogP contribution in [0.1, 0.15) is 21.5 Å². The number of carbonyl (C=O) groups excluding carboxylic acids is 1. The topological polar surface area (TPSA) is 43.1 Å². The highest BCUT2D eigenvalue weighted by molar-refractivity contribution is 9.10. The maximum Gasteiger partial charge on any atom is 0.195 e. The number of aryl methyl sites for hydroxylation is 1. The molecule has 0 amide bonds. The summed E-state index contributed by atoms with van der Waals surface area (Å²) in [5.74, 6) is -1.59. The lowest BCUT2D eigenvalue weighted by molar-refractivity contribution is 0.103. The molecule has 2 nitrogen and oxygen atoms in total. The van der Waals surface area contributed by atoms with Gasteiger partial charge in [0, 0.05) is 15.6 Å². The van der Waals surface area contributed by atoms with E-state index in [9.17, 15) is 13.6 Å². The van der Waals surface area contributed by atoms with E-state index >= 15 is 0 Å². The van der Waals surface area contributed by atoms with Gasteiger partial charge in [0.1, 0.15) is 11.6 Å². The Bertz CT molecular complexity index is 659. The molecule has 0 heterocycles. The maximum absolute atomic E-state index is 13.3. The standard InChI is InChI=1S/C14H9BrClF2NO/c1-6-2-8(10(16)5-11(6)17)14(20)7-3-13(19)12(18)4-9(7)15/h2-5H,19H2,1H3. The van der Waals surface area contributed by atoms with Crippen molar-refractivity contribution in [2.75, 3.05) is 5.73 Å². The predicted octanol–water partition coefficient (Wildman–Crippen LogP) is 4.50. The van der Waals surface area contributed by atoms with Crippen molar-refractivity contribution in [2.45, 2.75) is 6.92 Å². The molecule has 0 saturated carbocycles. The van der Waals surface area contributed by atoms with Crippen LogP contribution in [0.3, 0.4) is 0 Å². The average Bonchev–Trinajstić information content (AvgIpc) is 2.37. The minimum atomic E-state index is -0.630. The molecule has 0 aliphatic heterocycles. The van der Waals surface area contributed by atoms with Gasteiger partial charge in [-0.25, -0.2) is 8.78 Å². The molecular formula is C14H9BrClF2NO. The van der Waals surface area contributed by atoms with Crippen LogP contribution in [0.5, 0.6) is 0 Å². The third kappa shape index (κ3) is 2.69. The summed E-state index contributed by atoms with van der Waals surface area (Å²) in [5, 5.41) is -0.00658. The Morgan fingerprint density at radius 1 is 1.15 bits per heavy atom. The quantitative estimate of drug-likeness (QED) is 0.633. The second-order valence-electron chi connectivity index (χ2n) is 4.26. The van der Waals surface area contributed by atoms with Gasteiger partial charge in [-0.2, -0.15) is 0 Å². The fourth-order valence-corrected chi connectivity index (χ4v) is 2.45. The summed E-state index contributed by atoms with van der Waals surface area (Å²) in [7, 11) is 0. The predicted molar refractivity (Wildman–Crippen MR) is 78.1 cm³/mol. The van der Waals surface area contributed by atoms with Crippen LogP contribution in [0.15, 0.2) is 28.7 Å². The first-order valence-corrected chi connectivity index (χ1v) is 6.73. The summed E-state index contributed by atoms with van der Waals surface area (Å²) in [4.78, 5) is 12.4. The van der Waals surface area contributed by atoms with Crippen LogP contribution in [0, 0.1) is 18.6 Å². The van der Waals surface area contributed by atoms with Crippen LogP contribution in [-0.4, -0.2) is 5.78 Å². The smallest absolute Gasteiger partial charge is 0.195 e. The van der Waals surface area contributed by atoms with Gasteiger partial charge in [0.25, 0.3) is 0 Å². The molecule has 0 radical (unpaired) electrons. The van der Waals surface area contributed by atoms with Gasteiger partial charge in [0.15, 0.2) is 5.78 Å². The van der Waals surface area contributed by atoms with Crippen molar-refractivity contribution < 1.29 is 13.6 Å². The molecule has 2 aromatic carbocycles. The molecule has 0 aliphatic rings. The molecule has 2 N–H and O–H groups in total. The first-order chi connectivity index (χ1) is 9.31. The molecule has 0 bridgehead atoms. The molecule has 20 heavy (non-hydrogen) atoms. The lowest BCUT2D eigenvalue weighted by Crippen LogP contribution is -2.06. The van der Waals surface area contributed by atoms with Gasteiger partial charge in [-0.05, 0) is 52.7 Å². The number of halogens is 4. The van der Waals surface area contributed by atoms with Crippen molar-refractivity contribution in [1.29, 1.82) is 0 Å². The highest BCUT2D eigenvalue weighted by Gasteiger charge is 2.19. The second kappa shape index (κ2) is 5.50. The Balaban J connectivity index is 2.57. The largest absolute Gasteiger partial charge is 0.396 e. The Morgan fingerprint density at radius 3 is 2.45 bits per heavy atom. The summed E-state index contributed by atoms with van der Waals surface area (Å²) in [5.41, 5.74) is 5.91. The lowest BCUT2D eigenvalue weighted by atomic mass is 10.0. The molecule has 6 heteroatoms. The molecule has 0 fully saturated rings. The maximum atomic E-state index is 13.3. The van der Waals surface area contributed by atoms with Gasteiger partial charge >= 0.3 is 0 Å². The van der Waals surface area contributed by atoms with E-state index in [1.54, 1.807) is 0 Å². The Labute approximate surface area is 127 Å². The zero-order chi connectivity index (χ0) is 15.0. The molecule has 0 spiro atoms. The molecule has 0 aliphatic carbocycles. The highest BCUT2D eigenvalue weighted by atomic mass is 79.9. The fraction of sp³-hybridized carbons (Fsp3) is 0.0714. The third-order valence-electron chi connectivity index (χ3n) is 2.82. The van der Waals surface area contributed by atoms with E-state index in [1.165, 1.54) is 19.1 Å². The number of nitrogen functional groups attached to an aromatic ring is 1. The van der Waals surface area contributed by atoms with E-state index < -0.39 is 17.4 Å². The van der Waals surface area contributed by atoms with Crippen LogP contribution in [0.25, 0.3) is 0 Å². The van der Waals surface area contributed by atoms with Crippen molar-refractivity contribution in [3.63, 3.8) is 0 Å². The second-order valence-corrected chi connectivity index (χ2v) is 5.53. The average molecular weight is 361 g/mol. The summed E-state index contributed by atoms with van der Waals surface area (Å²) in [6, 6.07) is 4.75. The number of hydrogen-bond acceptors (Lipinski definition) is 2. The zero-order valence-corrected chi connectivity index (χ0v) is 12.6. The minimum Gasteiger partial charge on any atom is -0.396 e. The number of carbonyl (C=O) groups is 1. The van der Waals surface area contributed by atoms with Crippen molar-refractivity contribution in [1.82, 2.24) is 0 Å². The Hall–Kier alpha value is -1.46. The highest BCUT2D eigenvalue weighted by Crippen LogP contribution is 2.28. The molecule has 2 rings (SSSR count). The van der Waals surface area contributed by atoms with Gasteiger partial charge in [0.05, 0.1) is 10.7 Å². The molecule has 0 aromatic heterocycles. The van der Waals surface area contributed by atoms with Crippen LogP contribution < -0.4 is 5.73 Å². The van der Waals surface area contributed by atoms with Gasteiger partial charge in [-0.3, -0.25) is 4.79 Å². The summed E-state index contributed by atoms with van der Waals surface area (Å²) < 4.78 is 26.9. The third-order valence-corrected chi connectivity index (χ3v) is 3.79. The normalized spacial score (nSPS) is 10.7. The van der Waals surface area contributed by atoms with Crippen molar-refractivity contribution in [2.24, 2.45) is 0 Å². The van der Waals surface area contributed by atoms with Crippen LogP contribution in [-0.2, 0) is 0 Å². The van der Waals surface area contributed by atoms with E-state index in [1.807, 2.05) is 0 Å². The zero-order valence-electron chi connectivity index (χ0n) is 10.3. The molecule has 2 aromatic rings. The number of rotatable bonds is 2. The Morgan fingerprint density at radius 2 is 1.80 bits per heavy atom. The fourth-order valence-electron chi connectivity index (χ4n) is 1.72. The number of benzene rings is 2. The molecule has 0 atom stereocenters. The summed E-state index contributed by atoms with van der Waals surface area (Å²) >= 11 is 8.99. The van der Waals surface area contributed by atoms with Gasteiger partial charge in [-0.15, -0.1) is 0 Å². The lowest BCUT2D eigenvalue weighted by Gasteiger charge is -2.09. The van der Waals surface area contributed by atoms with Gasteiger partial charge < -0.3 is 5.73 Å². The number of anilines is 1. The molecular weight excluding hydrogens is 352 g/mol. The van der Waals surface area contributed by atoms with Crippen LogP contribution >= 0.6 is 27.5 Å². The summed E-state index contributed by atoms with van der Waals surface area (Å²) in [6.07, 6.45) is 0. The Kier molecular flexibility index (Phi) is 4.11. The van der Waals surface area contributed by atoms with Crippen LogP contribution in [0.4, 0.5) is 14.5 Å². The number of hydrogen-bond donors (Lipinski definition) is 1. The molecule has 0 unspecified atom stereocenters. The first kappa shape index (κ1) is 14.9. The monoisotopic (exact) mass is 359 g/mol. The molecule has 0 saturated heterocycles. The number of ketones is 1. The summed E-state index contributed by atoms with van der Waals surface area (Å²) in [6.45, 7) is 1.52. The van der Waals surface area contributed by atoms with E-state index in [2.05, 4.69) is 15.9 Å². The van der Waals surface area contributed by atoms with E-state index in [-0.39, 0.29) is 26.3 Å². The van der Waals surface area contributed by atoms with Crippen molar-refractivity contribution in [3.05, 3.63) is 62.1 Å². The van der Waals surface area contributed by atoms with Crippen molar-refractivity contribution in [3.8, 4) is 0 Å².